The van der Waals surface area contributed by atoms with Gasteiger partial charge in [0.25, 0.3) is 0 Å². The van der Waals surface area contributed by atoms with E-state index in [0.717, 1.165) is 12.2 Å². The maximum atomic E-state index is 9.84. The number of allylic oxidation sites excluding steroid dienone is 1. The van der Waals surface area contributed by atoms with E-state index < -0.39 is 11.9 Å². The number of methoxy groups -OCH3 is 1. The smallest absolute Gasteiger partial charge is 0.329 e. The van der Waals surface area contributed by atoms with Gasteiger partial charge >= 0.3 is 11.9 Å². The van der Waals surface area contributed by atoms with Crippen LogP contribution in [-0.2, 0) is 14.3 Å². The van der Waals surface area contributed by atoms with Crippen LogP contribution in [0.25, 0.3) is 0 Å². The highest BCUT2D eigenvalue weighted by molar-refractivity contribution is 5.80. The van der Waals surface area contributed by atoms with E-state index in [2.05, 4.69) is 24.5 Å². The van der Waals surface area contributed by atoms with Gasteiger partial charge in [-0.3, -0.25) is 0 Å². The van der Waals surface area contributed by atoms with Gasteiger partial charge in [-0.05, 0) is 6.92 Å². The summed E-state index contributed by atoms with van der Waals surface area (Å²) in [4.78, 5) is 19.1. The summed E-state index contributed by atoms with van der Waals surface area (Å²) < 4.78 is 4.14. The zero-order valence-corrected chi connectivity index (χ0v) is 8.53. The Hall–Kier alpha value is -1.84. The van der Waals surface area contributed by atoms with Crippen LogP contribution in [-0.4, -0.2) is 24.2 Å². The standard InChI is InChI=1S/C4H6O2.C3H4O2.C3H6/c1-3-4(5)6-2;1-2-3(4)5;1-3-2/h3H,1H2,2H3;2H,1H2,(H,4,5);3H,1H2,2H3. The van der Waals surface area contributed by atoms with Gasteiger partial charge in [0.2, 0.25) is 0 Å². The molecule has 0 aliphatic heterocycles. The minimum absolute atomic E-state index is 0.394. The van der Waals surface area contributed by atoms with Crippen molar-refractivity contribution in [3.63, 3.8) is 0 Å². The number of hydrogen-bond acceptors (Lipinski definition) is 3. The summed E-state index contributed by atoms with van der Waals surface area (Å²) in [5.74, 6) is -1.37. The number of carbonyl (C=O) groups excluding carboxylic acids is 1. The second kappa shape index (κ2) is 17.3. The maximum absolute atomic E-state index is 9.84. The summed E-state index contributed by atoms with van der Waals surface area (Å²) in [5, 5.41) is 7.60. The molecule has 0 aromatic heterocycles. The third-order valence-electron chi connectivity index (χ3n) is 0.542. The highest BCUT2D eigenvalue weighted by atomic mass is 16.5. The number of aliphatic carboxylic acids is 1. The molecule has 4 nitrogen and oxygen atoms in total. The van der Waals surface area contributed by atoms with E-state index in [4.69, 9.17) is 5.11 Å². The highest BCUT2D eigenvalue weighted by Crippen LogP contribution is 1.67. The molecule has 0 fully saturated rings. The molecular weight excluding hydrogens is 184 g/mol. The quantitative estimate of drug-likeness (QED) is 0.419. The molecule has 0 heterocycles. The van der Waals surface area contributed by atoms with Gasteiger partial charge < -0.3 is 9.84 Å². The van der Waals surface area contributed by atoms with Crippen molar-refractivity contribution >= 4 is 11.9 Å². The largest absolute Gasteiger partial charge is 0.478 e. The maximum Gasteiger partial charge on any atom is 0.329 e. The topological polar surface area (TPSA) is 63.6 Å². The first-order valence-electron chi connectivity index (χ1n) is 3.62. The van der Waals surface area contributed by atoms with Crippen LogP contribution in [0.15, 0.2) is 38.0 Å². The molecule has 0 aromatic rings. The third kappa shape index (κ3) is 49.3. The Kier molecular flexibility index (Phi) is 22.3. The fraction of sp³-hybridized carbons (Fsp3) is 0.200. The van der Waals surface area contributed by atoms with Crippen molar-refractivity contribution in [2.45, 2.75) is 6.92 Å². The number of esters is 1. The molecule has 0 spiro atoms. The van der Waals surface area contributed by atoms with Gasteiger partial charge in [-0.2, -0.15) is 0 Å². The lowest BCUT2D eigenvalue weighted by molar-refractivity contribution is -0.135. The summed E-state index contributed by atoms with van der Waals surface area (Å²) in [7, 11) is 1.31. The van der Waals surface area contributed by atoms with Gasteiger partial charge in [-0.1, -0.05) is 19.2 Å². The van der Waals surface area contributed by atoms with E-state index in [-0.39, 0.29) is 0 Å². The molecule has 4 heteroatoms. The van der Waals surface area contributed by atoms with Crippen LogP contribution in [0.3, 0.4) is 0 Å². The monoisotopic (exact) mass is 200 g/mol. The Bertz CT molecular complexity index is 194. The highest BCUT2D eigenvalue weighted by Gasteiger charge is 1.81. The average Bonchev–Trinajstić information content (AvgIpc) is 2.18. The van der Waals surface area contributed by atoms with E-state index in [1.54, 1.807) is 6.08 Å². The fourth-order valence-corrected chi connectivity index (χ4v) is 0.0833. The SMILES string of the molecule is C=CC.C=CC(=O)O.C=CC(=O)OC. The summed E-state index contributed by atoms with van der Waals surface area (Å²) in [5.41, 5.74) is 0. The third-order valence-corrected chi connectivity index (χ3v) is 0.542. The first-order valence-corrected chi connectivity index (χ1v) is 3.62. The van der Waals surface area contributed by atoms with E-state index in [1.807, 2.05) is 6.92 Å². The van der Waals surface area contributed by atoms with Crippen molar-refractivity contribution in [1.29, 1.82) is 0 Å². The zero-order chi connectivity index (χ0) is 12.0. The fourth-order valence-electron chi connectivity index (χ4n) is 0.0833. The predicted octanol–water partition coefficient (Wildman–Crippen LogP) is 1.79. The van der Waals surface area contributed by atoms with Crippen molar-refractivity contribution < 1.29 is 19.4 Å². The molecule has 0 saturated heterocycles. The normalized spacial score (nSPS) is 6.14. The molecule has 0 rings (SSSR count). The molecule has 0 radical (unpaired) electrons. The number of carboxylic acids is 1. The number of hydrogen-bond donors (Lipinski definition) is 1. The summed E-state index contributed by atoms with van der Waals surface area (Å²) in [6.07, 6.45) is 3.69. The first kappa shape index (κ1) is 18.0. The van der Waals surface area contributed by atoms with Gasteiger partial charge in [0.1, 0.15) is 0 Å². The zero-order valence-electron chi connectivity index (χ0n) is 8.53. The minimum atomic E-state index is -0.981. The Balaban J connectivity index is -0.000000138. The summed E-state index contributed by atoms with van der Waals surface area (Å²) >= 11 is 0. The minimum Gasteiger partial charge on any atom is -0.478 e. The van der Waals surface area contributed by atoms with E-state index in [0.29, 0.717) is 0 Å². The van der Waals surface area contributed by atoms with Gasteiger partial charge in [0.15, 0.2) is 0 Å². The molecule has 1 N–H and O–H groups in total. The molecule has 0 amide bonds. The number of ether oxygens (including phenoxy) is 1. The van der Waals surface area contributed by atoms with Crippen LogP contribution in [0.5, 0.6) is 0 Å². The van der Waals surface area contributed by atoms with Crippen molar-refractivity contribution in [2.75, 3.05) is 7.11 Å². The molecule has 0 saturated carbocycles. The molecule has 14 heavy (non-hydrogen) atoms. The van der Waals surface area contributed by atoms with Crippen LogP contribution in [0, 0.1) is 0 Å². The van der Waals surface area contributed by atoms with Crippen LogP contribution in [0.2, 0.25) is 0 Å². The van der Waals surface area contributed by atoms with Gasteiger partial charge in [-0.15, -0.1) is 6.58 Å². The lowest BCUT2D eigenvalue weighted by Crippen LogP contribution is -1.91. The number of rotatable bonds is 2. The van der Waals surface area contributed by atoms with Crippen LogP contribution >= 0.6 is 0 Å². The first-order chi connectivity index (χ1) is 6.49. The molecular formula is C10H16O4. The molecule has 0 bridgehead atoms. The van der Waals surface area contributed by atoms with Crippen LogP contribution < -0.4 is 0 Å². The van der Waals surface area contributed by atoms with Gasteiger partial charge in [0, 0.05) is 12.2 Å². The van der Waals surface area contributed by atoms with E-state index >= 15 is 0 Å². The molecule has 0 aliphatic rings. The van der Waals surface area contributed by atoms with Crippen molar-refractivity contribution in [3.05, 3.63) is 38.0 Å². The summed E-state index contributed by atoms with van der Waals surface area (Å²) in [6, 6.07) is 0. The Morgan fingerprint density at radius 1 is 1.21 bits per heavy atom. The van der Waals surface area contributed by atoms with Crippen LogP contribution in [0.4, 0.5) is 0 Å². The van der Waals surface area contributed by atoms with E-state index in [9.17, 15) is 9.59 Å². The van der Waals surface area contributed by atoms with Crippen molar-refractivity contribution in [3.8, 4) is 0 Å². The number of carboxylic acid groups (broad SMARTS) is 1. The Labute approximate surface area is 84.2 Å². The lowest BCUT2D eigenvalue weighted by Gasteiger charge is -1.83. The Morgan fingerprint density at radius 2 is 1.50 bits per heavy atom. The molecule has 0 atom stereocenters. The second-order valence-electron chi connectivity index (χ2n) is 1.68. The molecule has 80 valence electrons. The molecule has 0 unspecified atom stereocenters. The molecule has 0 aromatic carbocycles. The second-order valence-corrected chi connectivity index (χ2v) is 1.68. The average molecular weight is 200 g/mol. The van der Waals surface area contributed by atoms with Gasteiger partial charge in [-0.25, -0.2) is 9.59 Å². The van der Waals surface area contributed by atoms with E-state index in [1.165, 1.54) is 7.11 Å². The van der Waals surface area contributed by atoms with Crippen LogP contribution in [0.1, 0.15) is 6.92 Å². The van der Waals surface area contributed by atoms with Crippen molar-refractivity contribution in [2.24, 2.45) is 0 Å². The summed E-state index contributed by atoms with van der Waals surface area (Å²) in [6.45, 7) is 11.4. The lowest BCUT2D eigenvalue weighted by atomic mass is 10.7. The Morgan fingerprint density at radius 3 is 1.50 bits per heavy atom. The predicted molar refractivity (Wildman–Crippen MR) is 55.9 cm³/mol. The molecule has 0 aliphatic carbocycles. The van der Waals surface area contributed by atoms with Gasteiger partial charge in [0.05, 0.1) is 7.11 Å². The van der Waals surface area contributed by atoms with Crippen molar-refractivity contribution in [1.82, 2.24) is 0 Å². The number of carbonyl (C=O) groups is 2.